The predicted molar refractivity (Wildman–Crippen MR) is 81.4 cm³/mol. The van der Waals surface area contributed by atoms with Gasteiger partial charge in [-0.15, -0.1) is 11.3 Å². The lowest BCUT2D eigenvalue weighted by Gasteiger charge is -2.17. The summed E-state index contributed by atoms with van der Waals surface area (Å²) in [7, 11) is 3.47. The molecule has 5 nitrogen and oxygen atoms in total. The summed E-state index contributed by atoms with van der Waals surface area (Å²) in [4.78, 5) is 23.4. The molecule has 0 aliphatic rings. The highest BCUT2D eigenvalue weighted by Gasteiger charge is 2.18. The van der Waals surface area contributed by atoms with Crippen molar-refractivity contribution in [2.24, 2.45) is 0 Å². The summed E-state index contributed by atoms with van der Waals surface area (Å²) in [6.07, 6.45) is 0. The highest BCUT2D eigenvalue weighted by Crippen LogP contribution is 2.20. The highest BCUT2D eigenvalue weighted by atomic mass is 35.5. The average molecular weight is 311 g/mol. The van der Waals surface area contributed by atoms with Gasteiger partial charge in [-0.25, -0.2) is 9.97 Å². The van der Waals surface area contributed by atoms with Gasteiger partial charge in [0.15, 0.2) is 0 Å². The van der Waals surface area contributed by atoms with Gasteiger partial charge in [-0.2, -0.15) is 0 Å². The molecule has 2 rings (SSSR count). The summed E-state index contributed by atoms with van der Waals surface area (Å²) in [6.45, 7) is 2.42. The van der Waals surface area contributed by atoms with Crippen molar-refractivity contribution in [1.82, 2.24) is 14.9 Å². The van der Waals surface area contributed by atoms with Crippen LogP contribution in [0.1, 0.15) is 21.1 Å². The minimum atomic E-state index is -0.208. The third-order valence-electron chi connectivity index (χ3n) is 2.88. The summed E-state index contributed by atoms with van der Waals surface area (Å²) >= 11 is 7.59. The molecule has 0 aliphatic carbocycles. The third kappa shape index (κ3) is 3.08. The number of halogens is 1. The van der Waals surface area contributed by atoms with Crippen LogP contribution in [0.15, 0.2) is 17.6 Å². The number of rotatable bonds is 4. The quantitative estimate of drug-likeness (QED) is 0.943. The molecule has 20 heavy (non-hydrogen) atoms. The second kappa shape index (κ2) is 6.19. The number of amides is 1. The van der Waals surface area contributed by atoms with E-state index in [0.717, 1.165) is 10.6 Å². The van der Waals surface area contributed by atoms with Gasteiger partial charge < -0.3 is 10.2 Å². The molecule has 0 saturated carbocycles. The van der Waals surface area contributed by atoms with Gasteiger partial charge in [-0.3, -0.25) is 4.79 Å². The molecule has 0 spiro atoms. The molecule has 106 valence electrons. The van der Waals surface area contributed by atoms with Crippen molar-refractivity contribution >= 4 is 34.7 Å². The Kier molecular flexibility index (Phi) is 4.57. The zero-order chi connectivity index (χ0) is 14.7. The van der Waals surface area contributed by atoms with E-state index in [4.69, 9.17) is 11.6 Å². The van der Waals surface area contributed by atoms with E-state index in [0.29, 0.717) is 17.4 Å². The first-order chi connectivity index (χ1) is 9.52. The number of anilines is 1. The molecule has 1 amide bonds. The van der Waals surface area contributed by atoms with E-state index in [1.807, 2.05) is 6.92 Å². The first-order valence-electron chi connectivity index (χ1n) is 6.01. The van der Waals surface area contributed by atoms with Gasteiger partial charge in [-0.05, 0) is 19.1 Å². The Hall–Kier alpha value is -1.66. The molecule has 7 heteroatoms. The molecule has 0 aromatic carbocycles. The molecule has 2 aromatic heterocycles. The van der Waals surface area contributed by atoms with E-state index in [-0.39, 0.29) is 11.6 Å². The molecule has 0 radical (unpaired) electrons. The van der Waals surface area contributed by atoms with Gasteiger partial charge in [0.2, 0.25) is 0 Å². The van der Waals surface area contributed by atoms with Crippen LogP contribution in [0, 0.1) is 6.92 Å². The van der Waals surface area contributed by atoms with Gasteiger partial charge in [0.05, 0.1) is 22.8 Å². The number of nitrogens with one attached hydrogen (secondary N) is 1. The molecule has 0 atom stereocenters. The van der Waals surface area contributed by atoms with Gasteiger partial charge in [0, 0.05) is 19.0 Å². The maximum absolute atomic E-state index is 12.4. The lowest BCUT2D eigenvalue weighted by atomic mass is 10.3. The molecule has 0 aliphatic heterocycles. The molecule has 2 aromatic rings. The van der Waals surface area contributed by atoms with Gasteiger partial charge in [0.1, 0.15) is 11.5 Å². The summed E-state index contributed by atoms with van der Waals surface area (Å²) in [5, 5.41) is 3.24. The molecule has 0 saturated heterocycles. The molecule has 2 heterocycles. The second-order valence-corrected chi connectivity index (χ2v) is 5.65. The monoisotopic (exact) mass is 310 g/mol. The Morgan fingerprint density at radius 1 is 1.50 bits per heavy atom. The summed E-state index contributed by atoms with van der Waals surface area (Å²) in [5.74, 6) is 0.403. The summed E-state index contributed by atoms with van der Waals surface area (Å²) in [6, 6.07) is 3.39. The summed E-state index contributed by atoms with van der Waals surface area (Å²) in [5.41, 5.74) is 2.97. The number of aryl methyl sites for hydroxylation is 1. The average Bonchev–Trinajstić information content (AvgIpc) is 2.84. The molecule has 1 N–H and O–H groups in total. The first-order valence-corrected chi connectivity index (χ1v) is 7.27. The zero-order valence-electron chi connectivity index (χ0n) is 11.5. The highest BCUT2D eigenvalue weighted by molar-refractivity contribution is 7.09. The fourth-order valence-electron chi connectivity index (χ4n) is 1.68. The van der Waals surface area contributed by atoms with Crippen LogP contribution in [0.2, 0.25) is 5.02 Å². The Morgan fingerprint density at radius 3 is 2.85 bits per heavy atom. The Morgan fingerprint density at radius 2 is 2.25 bits per heavy atom. The lowest BCUT2D eigenvalue weighted by Crippen LogP contribution is -2.27. The van der Waals surface area contributed by atoms with Crippen LogP contribution < -0.4 is 5.32 Å². The number of hydrogen-bond acceptors (Lipinski definition) is 5. The van der Waals surface area contributed by atoms with Crippen LogP contribution in [0.4, 0.5) is 5.82 Å². The Balaban J connectivity index is 2.20. The molecular weight excluding hydrogens is 296 g/mol. The number of thiazole rings is 1. The van der Waals surface area contributed by atoms with Crippen molar-refractivity contribution in [1.29, 1.82) is 0 Å². The second-order valence-electron chi connectivity index (χ2n) is 4.30. The smallest absolute Gasteiger partial charge is 0.274 e. The Bertz CT molecular complexity index is 629. The number of hydrogen-bond donors (Lipinski definition) is 1. The topological polar surface area (TPSA) is 58.1 Å². The van der Waals surface area contributed by atoms with E-state index < -0.39 is 0 Å². The van der Waals surface area contributed by atoms with Crippen LogP contribution in [-0.4, -0.2) is 34.9 Å². The Labute approximate surface area is 126 Å². The van der Waals surface area contributed by atoms with E-state index in [1.54, 1.807) is 36.6 Å². The van der Waals surface area contributed by atoms with Gasteiger partial charge in [0.25, 0.3) is 5.91 Å². The molecule has 0 unspecified atom stereocenters. The lowest BCUT2D eigenvalue weighted by molar-refractivity contribution is 0.0781. The van der Waals surface area contributed by atoms with Crippen LogP contribution in [0.5, 0.6) is 0 Å². The SMILES string of the molecule is CNc1ccc(Cl)c(C(=O)N(C)Cc2scnc2C)n1. The van der Waals surface area contributed by atoms with Crippen molar-refractivity contribution in [3.63, 3.8) is 0 Å². The van der Waals surface area contributed by atoms with Crippen molar-refractivity contribution in [3.8, 4) is 0 Å². The number of aromatic nitrogens is 2. The minimum absolute atomic E-state index is 0.208. The number of nitrogens with zero attached hydrogens (tertiary/aromatic N) is 3. The number of carbonyl (C=O) groups excluding carboxylic acids is 1. The molecule has 0 bridgehead atoms. The van der Waals surface area contributed by atoms with Gasteiger partial charge >= 0.3 is 0 Å². The van der Waals surface area contributed by atoms with Crippen LogP contribution >= 0.6 is 22.9 Å². The van der Waals surface area contributed by atoms with Crippen molar-refractivity contribution < 1.29 is 4.79 Å². The summed E-state index contributed by atoms with van der Waals surface area (Å²) < 4.78 is 0. The van der Waals surface area contributed by atoms with Crippen LogP contribution in [0.3, 0.4) is 0 Å². The van der Waals surface area contributed by atoms with Crippen molar-refractivity contribution in [2.75, 3.05) is 19.4 Å². The third-order valence-corrected chi connectivity index (χ3v) is 4.10. The van der Waals surface area contributed by atoms with Crippen LogP contribution in [0.25, 0.3) is 0 Å². The fraction of sp³-hybridized carbons (Fsp3) is 0.308. The normalized spacial score (nSPS) is 10.4. The number of pyridine rings is 1. The molecular formula is C13H15ClN4OS. The molecule has 0 fully saturated rings. The van der Waals surface area contributed by atoms with E-state index in [9.17, 15) is 4.79 Å². The first kappa shape index (κ1) is 14.7. The van der Waals surface area contributed by atoms with E-state index in [2.05, 4.69) is 15.3 Å². The number of carbonyl (C=O) groups is 1. The minimum Gasteiger partial charge on any atom is -0.373 e. The van der Waals surface area contributed by atoms with Crippen LogP contribution in [-0.2, 0) is 6.54 Å². The standard InChI is InChI=1S/C13H15ClN4OS/c1-8-10(20-7-16-8)6-18(3)13(19)12-9(14)4-5-11(15-2)17-12/h4-5,7H,6H2,1-3H3,(H,15,17). The fourth-order valence-corrected chi connectivity index (χ4v) is 2.69. The van der Waals surface area contributed by atoms with Crippen molar-refractivity contribution in [3.05, 3.63) is 38.9 Å². The maximum Gasteiger partial charge on any atom is 0.274 e. The van der Waals surface area contributed by atoms with E-state index in [1.165, 1.54) is 11.3 Å². The zero-order valence-corrected chi connectivity index (χ0v) is 13.0. The predicted octanol–water partition coefficient (Wildman–Crippen LogP) is 2.81. The van der Waals surface area contributed by atoms with Gasteiger partial charge in [-0.1, -0.05) is 11.6 Å². The van der Waals surface area contributed by atoms with E-state index >= 15 is 0 Å². The maximum atomic E-state index is 12.4. The largest absolute Gasteiger partial charge is 0.373 e. The van der Waals surface area contributed by atoms with Crippen molar-refractivity contribution in [2.45, 2.75) is 13.5 Å².